The third-order valence-corrected chi connectivity index (χ3v) is 6.41. The summed E-state index contributed by atoms with van der Waals surface area (Å²) in [6.45, 7) is 3.30. The number of amides is 1. The van der Waals surface area contributed by atoms with Crippen LogP contribution in [-0.2, 0) is 24.2 Å². The van der Waals surface area contributed by atoms with Crippen molar-refractivity contribution in [2.24, 2.45) is 0 Å². The summed E-state index contributed by atoms with van der Waals surface area (Å²) < 4.78 is 1.77. The number of aromatic nitrogens is 2. The van der Waals surface area contributed by atoms with E-state index < -0.39 is 0 Å². The van der Waals surface area contributed by atoms with Gasteiger partial charge in [0.05, 0.1) is 16.8 Å². The monoisotopic (exact) mass is 437 g/mol. The minimum absolute atomic E-state index is 0.0457. The zero-order valence-electron chi connectivity index (χ0n) is 18.8. The van der Waals surface area contributed by atoms with Crippen molar-refractivity contribution in [3.63, 3.8) is 0 Å². The van der Waals surface area contributed by atoms with Crippen molar-refractivity contribution in [1.29, 1.82) is 0 Å². The normalized spacial score (nSPS) is 15.2. The van der Waals surface area contributed by atoms with E-state index in [1.165, 1.54) is 5.56 Å². The van der Waals surface area contributed by atoms with Crippen LogP contribution in [-0.4, -0.2) is 22.0 Å². The number of carbonyl (C=O) groups is 1. The van der Waals surface area contributed by atoms with Crippen LogP contribution in [0.5, 0.6) is 0 Å². The van der Waals surface area contributed by atoms with Gasteiger partial charge in [-0.25, -0.2) is 4.98 Å². The third-order valence-electron chi connectivity index (χ3n) is 6.41. The molecule has 2 heterocycles. The summed E-state index contributed by atoms with van der Waals surface area (Å²) in [6.07, 6.45) is 2.03. The average molecular weight is 438 g/mol. The largest absolute Gasteiger partial charge is 0.312 e. The van der Waals surface area contributed by atoms with Crippen LogP contribution in [0, 0.1) is 0 Å². The van der Waals surface area contributed by atoms with Gasteiger partial charge in [-0.1, -0.05) is 67.6 Å². The van der Waals surface area contributed by atoms with Crippen LogP contribution >= 0.6 is 0 Å². The van der Waals surface area contributed by atoms with Crippen LogP contribution in [0.2, 0.25) is 0 Å². The van der Waals surface area contributed by atoms with E-state index >= 15 is 0 Å². The number of fused-ring (bicyclic) bond motifs is 2. The van der Waals surface area contributed by atoms with E-state index in [4.69, 9.17) is 4.98 Å². The fraction of sp³-hybridized carbons (Fsp3) is 0.250. The molecule has 0 saturated carbocycles. The molecule has 0 spiro atoms. The quantitative estimate of drug-likeness (QED) is 0.420. The molecule has 1 aliphatic heterocycles. The fourth-order valence-electron chi connectivity index (χ4n) is 4.79. The second kappa shape index (κ2) is 9.02. The van der Waals surface area contributed by atoms with Crippen LogP contribution in [0.1, 0.15) is 36.2 Å². The summed E-state index contributed by atoms with van der Waals surface area (Å²) in [4.78, 5) is 33.6. The fourth-order valence-corrected chi connectivity index (χ4v) is 4.79. The summed E-state index contributed by atoms with van der Waals surface area (Å²) in [5.74, 6) is 0.431. The Labute approximate surface area is 193 Å². The van der Waals surface area contributed by atoms with E-state index in [-0.39, 0.29) is 17.4 Å². The predicted molar refractivity (Wildman–Crippen MR) is 132 cm³/mol. The predicted octanol–water partition coefficient (Wildman–Crippen LogP) is 4.72. The molecule has 5 nitrogen and oxygen atoms in total. The summed E-state index contributed by atoms with van der Waals surface area (Å²) in [7, 11) is 0. The van der Waals surface area contributed by atoms with Crippen LogP contribution < -0.4 is 10.5 Å². The molecule has 1 aromatic heterocycles. The molecular formula is C28H27N3O2. The van der Waals surface area contributed by atoms with Gasteiger partial charge in [0.15, 0.2) is 0 Å². The first-order chi connectivity index (χ1) is 16.2. The van der Waals surface area contributed by atoms with Crippen LogP contribution in [0.3, 0.4) is 0 Å². The van der Waals surface area contributed by atoms with E-state index in [2.05, 4.69) is 19.1 Å². The molecule has 5 rings (SSSR count). The first kappa shape index (κ1) is 21.1. The molecule has 0 unspecified atom stereocenters. The molecule has 0 radical (unpaired) electrons. The second-order valence-electron chi connectivity index (χ2n) is 8.54. The number of benzene rings is 3. The Bertz CT molecular complexity index is 1360. The lowest BCUT2D eigenvalue weighted by molar-refractivity contribution is -0.119. The lowest BCUT2D eigenvalue weighted by atomic mass is 9.96. The molecule has 166 valence electrons. The van der Waals surface area contributed by atoms with Gasteiger partial charge in [-0.05, 0) is 42.2 Å². The van der Waals surface area contributed by atoms with E-state index in [0.717, 1.165) is 24.1 Å². The third kappa shape index (κ3) is 3.95. The zero-order chi connectivity index (χ0) is 22.8. The Morgan fingerprint density at radius 2 is 1.58 bits per heavy atom. The zero-order valence-corrected chi connectivity index (χ0v) is 18.8. The van der Waals surface area contributed by atoms with Gasteiger partial charge in [0, 0.05) is 25.2 Å². The minimum atomic E-state index is -0.330. The Kier molecular flexibility index (Phi) is 5.78. The van der Waals surface area contributed by atoms with Crippen molar-refractivity contribution in [1.82, 2.24) is 9.55 Å². The smallest absolute Gasteiger partial charge is 0.261 e. The number of carbonyl (C=O) groups excluding carboxylic acids is 1. The molecule has 1 atom stereocenters. The second-order valence-corrected chi connectivity index (χ2v) is 8.54. The van der Waals surface area contributed by atoms with Gasteiger partial charge in [-0.15, -0.1) is 0 Å². The highest BCUT2D eigenvalue weighted by molar-refractivity contribution is 6.05. The number of aryl methyl sites for hydroxylation is 1. The molecule has 0 bridgehead atoms. The Balaban J connectivity index is 1.56. The highest BCUT2D eigenvalue weighted by atomic mass is 16.2. The van der Waals surface area contributed by atoms with E-state index in [1.54, 1.807) is 4.57 Å². The van der Waals surface area contributed by atoms with Gasteiger partial charge in [0.25, 0.3) is 5.56 Å². The molecule has 4 aromatic rings. The highest BCUT2D eigenvalue weighted by Gasteiger charge is 2.37. The highest BCUT2D eigenvalue weighted by Crippen LogP contribution is 2.38. The van der Waals surface area contributed by atoms with Gasteiger partial charge >= 0.3 is 0 Å². The topological polar surface area (TPSA) is 55.2 Å². The first-order valence-electron chi connectivity index (χ1n) is 11.6. The molecule has 0 N–H and O–H groups in total. The standard InChI is InChI=1S/C28H27N3O2/c1-2-17-30-25-15-9-7-12-21(25)23(28(30)33)19-26-29-24-14-8-6-13-22(24)27(32)31(26)18-16-20-10-4-3-5-11-20/h3-15,23H,2,16-19H2,1H3/t23-/m0/s1. The lowest BCUT2D eigenvalue weighted by Gasteiger charge is -2.18. The molecule has 0 saturated heterocycles. The summed E-state index contributed by atoms with van der Waals surface area (Å²) in [6, 6.07) is 25.6. The maximum Gasteiger partial charge on any atom is 0.261 e. The van der Waals surface area contributed by atoms with E-state index in [1.807, 2.05) is 71.6 Å². The SMILES string of the molecule is CCCN1C(=O)[C@@H](Cc2nc3ccccc3c(=O)n2CCc2ccccc2)c2ccccc21. The van der Waals surface area contributed by atoms with E-state index in [0.29, 0.717) is 36.2 Å². The maximum atomic E-state index is 13.5. The summed E-state index contributed by atoms with van der Waals surface area (Å²) >= 11 is 0. The van der Waals surface area contributed by atoms with Crippen LogP contribution in [0.15, 0.2) is 83.7 Å². The molecule has 3 aromatic carbocycles. The maximum absolute atomic E-state index is 13.5. The summed E-state index contributed by atoms with van der Waals surface area (Å²) in [5, 5.41) is 0.611. The van der Waals surface area contributed by atoms with Crippen LogP contribution in [0.25, 0.3) is 10.9 Å². The van der Waals surface area contributed by atoms with Crippen molar-refractivity contribution in [2.45, 2.75) is 38.6 Å². The Hall–Kier alpha value is -3.73. The number of hydrogen-bond acceptors (Lipinski definition) is 3. The molecule has 5 heteroatoms. The van der Waals surface area contributed by atoms with Crippen molar-refractivity contribution in [3.05, 3.63) is 106 Å². The minimum Gasteiger partial charge on any atom is -0.312 e. The Morgan fingerprint density at radius 3 is 2.39 bits per heavy atom. The molecule has 1 amide bonds. The number of rotatable bonds is 7. The Morgan fingerprint density at radius 1 is 0.848 bits per heavy atom. The van der Waals surface area contributed by atoms with Crippen molar-refractivity contribution < 1.29 is 4.79 Å². The lowest BCUT2D eigenvalue weighted by Crippen LogP contribution is -2.32. The van der Waals surface area contributed by atoms with Crippen LogP contribution in [0.4, 0.5) is 5.69 Å². The average Bonchev–Trinajstić information content (AvgIpc) is 3.11. The molecule has 33 heavy (non-hydrogen) atoms. The van der Waals surface area contributed by atoms with Gasteiger partial charge in [0.1, 0.15) is 5.82 Å². The number of hydrogen-bond donors (Lipinski definition) is 0. The van der Waals surface area contributed by atoms with Crippen molar-refractivity contribution in [2.75, 3.05) is 11.4 Å². The molecule has 0 aliphatic carbocycles. The molecular weight excluding hydrogens is 410 g/mol. The molecule has 0 fully saturated rings. The van der Waals surface area contributed by atoms with Crippen molar-refractivity contribution in [3.8, 4) is 0 Å². The van der Waals surface area contributed by atoms with Gasteiger partial charge < -0.3 is 4.90 Å². The van der Waals surface area contributed by atoms with E-state index in [9.17, 15) is 9.59 Å². The summed E-state index contributed by atoms with van der Waals surface area (Å²) in [5.41, 5.74) is 3.80. The van der Waals surface area contributed by atoms with Gasteiger partial charge in [-0.2, -0.15) is 0 Å². The van der Waals surface area contributed by atoms with Gasteiger partial charge in [-0.3, -0.25) is 14.2 Å². The molecule has 1 aliphatic rings. The number of anilines is 1. The first-order valence-corrected chi connectivity index (χ1v) is 11.6. The van der Waals surface area contributed by atoms with Crippen molar-refractivity contribution >= 4 is 22.5 Å². The number of nitrogens with zero attached hydrogens (tertiary/aromatic N) is 3. The van der Waals surface area contributed by atoms with Gasteiger partial charge in [0.2, 0.25) is 5.91 Å². The number of para-hydroxylation sites is 2.